The Kier molecular flexibility index (Phi) is 9.40. The predicted molar refractivity (Wildman–Crippen MR) is 261 cm³/mol. The van der Waals surface area contributed by atoms with Gasteiger partial charge in [-0.2, -0.15) is 0 Å². The summed E-state index contributed by atoms with van der Waals surface area (Å²) in [6, 6.07) is 91.9. The topological polar surface area (TPSA) is 0 Å². The predicted octanol–water partition coefficient (Wildman–Crippen LogP) is 16.4. The van der Waals surface area contributed by atoms with Crippen LogP contribution >= 0.6 is 0 Å². The molecule has 0 nitrogen and oxygen atoms in total. The highest BCUT2D eigenvalue weighted by molar-refractivity contribution is 5.96. The van der Waals surface area contributed by atoms with Gasteiger partial charge in [0.05, 0.1) is 5.41 Å². The standard InChI is InChI=1S/C62H44/c1-43-35-36-59-58(37-43)61-57(54-30-13-25-49(40-54)46-21-9-4-10-22-46)33-16-34-60(61)62(59,55-31-14-28-52(41-55)50-26-11-23-47(38-50)44-17-5-2-6-18-44)56-32-15-29-53(42-56)51-27-12-24-48(39-51)45-19-7-3-8-20-45/h2-42H,1H3. The van der Waals surface area contributed by atoms with Crippen molar-refractivity contribution in [3.8, 4) is 77.9 Å². The van der Waals surface area contributed by atoms with E-state index >= 15 is 0 Å². The first kappa shape index (κ1) is 37.2. The summed E-state index contributed by atoms with van der Waals surface area (Å²) >= 11 is 0. The Hall–Kier alpha value is -7.80. The van der Waals surface area contributed by atoms with Crippen LogP contribution in [0.25, 0.3) is 77.9 Å². The normalized spacial score (nSPS) is 12.4. The van der Waals surface area contributed by atoms with Crippen molar-refractivity contribution in [3.05, 3.63) is 277 Å². The van der Waals surface area contributed by atoms with E-state index < -0.39 is 5.41 Å². The van der Waals surface area contributed by atoms with Gasteiger partial charge in [-0.3, -0.25) is 0 Å². The van der Waals surface area contributed by atoms with Crippen LogP contribution in [0.2, 0.25) is 0 Å². The first-order valence-electron chi connectivity index (χ1n) is 21.6. The largest absolute Gasteiger partial charge is 0.0714 e. The number of fused-ring (bicyclic) bond motifs is 3. The van der Waals surface area contributed by atoms with Gasteiger partial charge in [-0.1, -0.05) is 224 Å². The summed E-state index contributed by atoms with van der Waals surface area (Å²) in [6.45, 7) is 2.22. The highest BCUT2D eigenvalue weighted by atomic mass is 14.5. The molecule has 292 valence electrons. The Morgan fingerprint density at radius 1 is 0.242 bits per heavy atom. The van der Waals surface area contributed by atoms with E-state index in [9.17, 15) is 0 Å². The first-order valence-corrected chi connectivity index (χ1v) is 21.6. The first-order chi connectivity index (χ1) is 30.6. The Bertz CT molecular complexity index is 3100. The fourth-order valence-corrected chi connectivity index (χ4v) is 9.90. The molecule has 0 heteroatoms. The lowest BCUT2D eigenvalue weighted by Gasteiger charge is -2.35. The summed E-state index contributed by atoms with van der Waals surface area (Å²) < 4.78 is 0. The summed E-state index contributed by atoms with van der Waals surface area (Å²) in [5.74, 6) is 0. The quantitative estimate of drug-likeness (QED) is 0.144. The van der Waals surface area contributed by atoms with Gasteiger partial charge in [0.15, 0.2) is 0 Å². The number of aryl methyl sites for hydroxylation is 1. The van der Waals surface area contributed by atoms with E-state index in [4.69, 9.17) is 0 Å². The molecule has 0 saturated heterocycles. The van der Waals surface area contributed by atoms with Crippen molar-refractivity contribution in [2.24, 2.45) is 0 Å². The average Bonchev–Trinajstić information content (AvgIpc) is 3.65. The summed E-state index contributed by atoms with van der Waals surface area (Å²) in [6.07, 6.45) is 0. The van der Waals surface area contributed by atoms with E-state index in [-0.39, 0.29) is 0 Å². The zero-order chi connectivity index (χ0) is 41.5. The van der Waals surface area contributed by atoms with E-state index in [1.54, 1.807) is 0 Å². The van der Waals surface area contributed by atoms with Gasteiger partial charge >= 0.3 is 0 Å². The van der Waals surface area contributed by atoms with Gasteiger partial charge < -0.3 is 0 Å². The Balaban J connectivity index is 1.16. The van der Waals surface area contributed by atoms with Gasteiger partial charge in [0.2, 0.25) is 0 Å². The monoisotopic (exact) mass is 788 g/mol. The molecule has 0 aromatic heterocycles. The summed E-state index contributed by atoms with van der Waals surface area (Å²) in [5.41, 5.74) is 22.8. The van der Waals surface area contributed by atoms with E-state index in [1.807, 2.05) is 0 Å². The molecule has 0 aliphatic heterocycles. The SMILES string of the molecule is Cc1ccc2c(c1)-c1c(-c3cccc(-c4ccccc4)c3)cccc1C2(c1cccc(-c2cccc(-c3ccccc3)c2)c1)c1cccc(-c2cccc(-c3ccccc3)c2)c1. The van der Waals surface area contributed by atoms with Crippen LogP contribution in [-0.4, -0.2) is 0 Å². The van der Waals surface area contributed by atoms with E-state index in [1.165, 1.54) is 106 Å². The number of benzene rings is 10. The molecule has 1 aliphatic carbocycles. The molecule has 62 heavy (non-hydrogen) atoms. The molecule has 0 fully saturated rings. The summed E-state index contributed by atoms with van der Waals surface area (Å²) in [7, 11) is 0. The van der Waals surface area contributed by atoms with Crippen LogP contribution in [0.4, 0.5) is 0 Å². The second kappa shape index (κ2) is 15.7. The fraction of sp³-hybridized carbons (Fsp3) is 0.0323. The maximum absolute atomic E-state index is 2.45. The maximum Gasteiger partial charge on any atom is 0.0714 e. The van der Waals surface area contributed by atoms with Gasteiger partial charge in [-0.05, 0) is 137 Å². The van der Waals surface area contributed by atoms with Crippen LogP contribution in [0.15, 0.2) is 249 Å². The van der Waals surface area contributed by atoms with Crippen LogP contribution in [-0.2, 0) is 5.41 Å². The van der Waals surface area contributed by atoms with Gasteiger partial charge in [0, 0.05) is 0 Å². The summed E-state index contributed by atoms with van der Waals surface area (Å²) in [5, 5.41) is 0. The molecule has 0 bridgehead atoms. The zero-order valence-corrected chi connectivity index (χ0v) is 34.7. The number of hydrogen-bond acceptors (Lipinski definition) is 0. The van der Waals surface area contributed by atoms with Crippen molar-refractivity contribution in [1.29, 1.82) is 0 Å². The Labute approximate surface area is 365 Å². The smallest absolute Gasteiger partial charge is 0.0622 e. The van der Waals surface area contributed by atoms with Crippen molar-refractivity contribution in [2.45, 2.75) is 12.3 Å². The van der Waals surface area contributed by atoms with E-state index in [0.717, 1.165) is 0 Å². The third-order valence-electron chi connectivity index (χ3n) is 12.8. The van der Waals surface area contributed by atoms with Crippen LogP contribution < -0.4 is 0 Å². The molecule has 0 saturated carbocycles. The van der Waals surface area contributed by atoms with Gasteiger partial charge in [0.25, 0.3) is 0 Å². The Morgan fingerprint density at radius 3 is 1.10 bits per heavy atom. The lowest BCUT2D eigenvalue weighted by Crippen LogP contribution is -2.28. The van der Waals surface area contributed by atoms with Crippen molar-refractivity contribution in [2.75, 3.05) is 0 Å². The lowest BCUT2D eigenvalue weighted by molar-refractivity contribution is 0.769. The van der Waals surface area contributed by atoms with Crippen LogP contribution in [0.3, 0.4) is 0 Å². The molecule has 0 radical (unpaired) electrons. The summed E-state index contributed by atoms with van der Waals surface area (Å²) in [4.78, 5) is 0. The van der Waals surface area contributed by atoms with Gasteiger partial charge in [-0.15, -0.1) is 0 Å². The molecule has 0 N–H and O–H groups in total. The minimum absolute atomic E-state index is 0.620. The van der Waals surface area contributed by atoms with Crippen molar-refractivity contribution < 1.29 is 0 Å². The molecule has 0 amide bonds. The Morgan fingerprint density at radius 2 is 0.613 bits per heavy atom. The zero-order valence-electron chi connectivity index (χ0n) is 34.7. The van der Waals surface area contributed by atoms with E-state index in [0.29, 0.717) is 0 Å². The molecule has 11 rings (SSSR count). The molecule has 10 aromatic rings. The van der Waals surface area contributed by atoms with Gasteiger partial charge in [-0.25, -0.2) is 0 Å². The van der Waals surface area contributed by atoms with Crippen LogP contribution in [0.5, 0.6) is 0 Å². The number of hydrogen-bond donors (Lipinski definition) is 0. The molecular weight excluding hydrogens is 745 g/mol. The number of rotatable bonds is 8. The minimum atomic E-state index is -0.620. The second-order valence-corrected chi connectivity index (χ2v) is 16.5. The fourth-order valence-electron chi connectivity index (χ4n) is 9.90. The van der Waals surface area contributed by atoms with Crippen LogP contribution in [0.1, 0.15) is 27.8 Å². The molecule has 0 atom stereocenters. The highest BCUT2D eigenvalue weighted by Crippen LogP contribution is 2.59. The minimum Gasteiger partial charge on any atom is -0.0622 e. The molecule has 0 unspecified atom stereocenters. The molecule has 1 aliphatic rings. The van der Waals surface area contributed by atoms with Crippen LogP contribution in [0, 0.1) is 6.92 Å². The van der Waals surface area contributed by atoms with E-state index in [2.05, 4.69) is 256 Å². The van der Waals surface area contributed by atoms with Crippen molar-refractivity contribution >= 4 is 0 Å². The second-order valence-electron chi connectivity index (χ2n) is 16.5. The molecular formula is C62H44. The lowest BCUT2D eigenvalue weighted by atomic mass is 9.66. The third-order valence-corrected chi connectivity index (χ3v) is 12.8. The molecule has 0 spiro atoms. The molecule has 0 heterocycles. The van der Waals surface area contributed by atoms with Crippen molar-refractivity contribution in [1.82, 2.24) is 0 Å². The maximum atomic E-state index is 2.45. The highest BCUT2D eigenvalue weighted by Gasteiger charge is 2.47. The molecule has 10 aromatic carbocycles. The average molecular weight is 789 g/mol. The van der Waals surface area contributed by atoms with Gasteiger partial charge in [0.1, 0.15) is 0 Å². The third kappa shape index (κ3) is 6.49. The van der Waals surface area contributed by atoms with Crippen molar-refractivity contribution in [3.63, 3.8) is 0 Å².